The van der Waals surface area contributed by atoms with E-state index in [1.807, 2.05) is 59.3 Å². The van der Waals surface area contributed by atoms with Crippen LogP contribution in [-0.4, -0.2) is 113 Å². The third-order valence-electron chi connectivity index (χ3n) is 7.31. The van der Waals surface area contributed by atoms with Crippen LogP contribution in [0.15, 0.2) is 60.8 Å². The fraction of sp³-hybridized carbons (Fsp3) is 0.448. The van der Waals surface area contributed by atoms with E-state index in [-0.39, 0.29) is 49.1 Å². The summed E-state index contributed by atoms with van der Waals surface area (Å²) in [5, 5.41) is 54.5. The van der Waals surface area contributed by atoms with Gasteiger partial charge in [-0.15, -0.1) is 5.10 Å². The Balaban J connectivity index is 0.00000600. The second kappa shape index (κ2) is 17.0. The average molecular weight is 688 g/mol. The van der Waals surface area contributed by atoms with Crippen LogP contribution in [0.2, 0.25) is 0 Å². The largest absolute Gasteiger partial charge is 1.00 e. The minimum atomic E-state index is -3.80. The maximum atomic E-state index is 12.9. The summed E-state index contributed by atoms with van der Waals surface area (Å²) in [4.78, 5) is 24.0. The average Bonchev–Trinajstić information content (AvgIpc) is 3.51. The standard InChI is InChI=1S/C29H36FN5O10S.Na/c1-46(42,43)31-16-23(37)26(39)27-25(32-24(38)15-30)22(36)14-29(45-27,28(40)41)44-13-5-12-35-17-21(33-34-35)20-10-8-19(9-11-20)18-6-3-2-4-7-18;/h2-4,6-11,17,22-23,25-27,31,36-37,39H,5,12-16H2,1H3,(H,32,38)(H,40,41);/q;+1/p-1/t22-,23+,25+,26+,27+,29+;/m0./s1. The summed E-state index contributed by atoms with van der Waals surface area (Å²) in [7, 11) is -3.80. The Morgan fingerprint density at radius 1 is 1.15 bits per heavy atom. The normalized spacial score (nSPS) is 22.5. The molecule has 1 aromatic heterocycles. The minimum absolute atomic E-state index is 0. The van der Waals surface area contributed by atoms with Crippen LogP contribution < -0.4 is 44.7 Å². The second-order valence-electron chi connectivity index (χ2n) is 10.8. The summed E-state index contributed by atoms with van der Waals surface area (Å²) in [5.74, 6) is -5.79. The molecule has 0 aliphatic carbocycles. The molecule has 1 aliphatic heterocycles. The first-order valence-electron chi connectivity index (χ1n) is 14.3. The number of carbonyl (C=O) groups is 2. The van der Waals surface area contributed by atoms with Gasteiger partial charge in [-0.3, -0.25) is 9.48 Å². The number of sulfonamides is 1. The Morgan fingerprint density at radius 3 is 2.40 bits per heavy atom. The molecule has 2 heterocycles. The molecule has 0 radical (unpaired) electrons. The van der Waals surface area contributed by atoms with Crippen LogP contribution in [0, 0.1) is 0 Å². The van der Waals surface area contributed by atoms with Gasteiger partial charge in [-0.1, -0.05) is 59.8 Å². The van der Waals surface area contributed by atoms with E-state index in [4.69, 9.17) is 9.47 Å². The number of amides is 1. The summed E-state index contributed by atoms with van der Waals surface area (Å²) in [5.41, 5.74) is 3.54. The fourth-order valence-electron chi connectivity index (χ4n) is 4.97. The summed E-state index contributed by atoms with van der Waals surface area (Å²) in [6.45, 7) is -2.27. The Kier molecular flexibility index (Phi) is 14.0. The Labute approximate surface area is 292 Å². The molecule has 5 N–H and O–H groups in total. The third-order valence-corrected chi connectivity index (χ3v) is 8.00. The topological polar surface area (TPSA) is 225 Å². The predicted molar refractivity (Wildman–Crippen MR) is 157 cm³/mol. The molecule has 250 valence electrons. The van der Waals surface area contributed by atoms with Crippen LogP contribution in [0.25, 0.3) is 22.4 Å². The summed E-state index contributed by atoms with van der Waals surface area (Å²) in [6.07, 6.45) is -5.75. The van der Waals surface area contributed by atoms with Gasteiger partial charge >= 0.3 is 29.6 Å². The number of aliphatic carboxylic acids is 1. The number of carboxylic acids is 1. The van der Waals surface area contributed by atoms with Crippen LogP contribution in [-0.2, 0) is 35.6 Å². The molecule has 1 aliphatic rings. The molecule has 2 aromatic carbocycles. The van der Waals surface area contributed by atoms with Crippen molar-refractivity contribution in [1.82, 2.24) is 25.0 Å². The number of nitrogens with one attached hydrogen (secondary N) is 2. The van der Waals surface area contributed by atoms with Crippen molar-refractivity contribution in [2.24, 2.45) is 0 Å². The molecule has 0 unspecified atom stereocenters. The third kappa shape index (κ3) is 10.3. The molecule has 0 saturated carbocycles. The number of hydrogen-bond acceptors (Lipinski definition) is 12. The van der Waals surface area contributed by atoms with Crippen molar-refractivity contribution in [1.29, 1.82) is 0 Å². The second-order valence-corrected chi connectivity index (χ2v) is 12.6. The molecule has 1 amide bonds. The summed E-state index contributed by atoms with van der Waals surface area (Å²) in [6, 6.07) is 16.0. The van der Waals surface area contributed by atoms with Gasteiger partial charge in [0, 0.05) is 25.1 Å². The Morgan fingerprint density at radius 2 is 1.79 bits per heavy atom. The van der Waals surface area contributed by atoms with Crippen molar-refractivity contribution in [2.75, 3.05) is 26.1 Å². The number of carboxylic acid groups (broad SMARTS) is 1. The van der Waals surface area contributed by atoms with Gasteiger partial charge in [0.2, 0.25) is 15.8 Å². The number of halogens is 1. The number of rotatable bonds is 15. The van der Waals surface area contributed by atoms with Crippen LogP contribution in [0.1, 0.15) is 12.8 Å². The number of ether oxygens (including phenoxy) is 2. The number of carbonyl (C=O) groups excluding carboxylic acids is 2. The van der Waals surface area contributed by atoms with E-state index in [0.29, 0.717) is 5.69 Å². The molecule has 1 fully saturated rings. The van der Waals surface area contributed by atoms with E-state index >= 15 is 0 Å². The van der Waals surface area contributed by atoms with E-state index < -0.39 is 77.8 Å². The minimum Gasteiger partial charge on any atom is -0.544 e. The van der Waals surface area contributed by atoms with Crippen molar-refractivity contribution < 1.29 is 81.9 Å². The monoisotopic (exact) mass is 687 g/mol. The van der Waals surface area contributed by atoms with Gasteiger partial charge in [0.15, 0.2) is 6.67 Å². The molecule has 4 rings (SSSR count). The SMILES string of the molecule is CS(=O)(=O)NC[C@@H](O)[C@@H](O)[C@@H]1O[C@@](OCCCn2cc(-c3ccc(-c4ccccc4)cc3)nn2)(C(=O)[O-])C[C@H](O)[C@H]1NC(=O)CF.[Na+]. The maximum absolute atomic E-state index is 12.9. The fourth-order valence-corrected chi connectivity index (χ4v) is 5.45. The quantitative estimate of drug-likeness (QED) is 0.0752. The molecular formula is C29H35FN5NaO10S. The van der Waals surface area contributed by atoms with Crippen LogP contribution >= 0.6 is 0 Å². The number of aromatic nitrogens is 3. The van der Waals surface area contributed by atoms with Gasteiger partial charge in [0.1, 0.15) is 23.9 Å². The molecule has 1 saturated heterocycles. The van der Waals surface area contributed by atoms with Gasteiger partial charge in [0.05, 0.1) is 37.3 Å². The van der Waals surface area contributed by atoms with Crippen LogP contribution in [0.4, 0.5) is 4.39 Å². The summed E-state index contributed by atoms with van der Waals surface area (Å²) < 4.78 is 50.3. The first-order valence-corrected chi connectivity index (χ1v) is 16.1. The van der Waals surface area contributed by atoms with Crippen molar-refractivity contribution in [3.05, 3.63) is 60.8 Å². The van der Waals surface area contributed by atoms with Crippen molar-refractivity contribution in [3.63, 3.8) is 0 Å². The van der Waals surface area contributed by atoms with Gasteiger partial charge in [0.25, 0.3) is 5.91 Å². The van der Waals surface area contributed by atoms with E-state index in [9.17, 15) is 42.8 Å². The molecule has 0 bridgehead atoms. The van der Waals surface area contributed by atoms with E-state index in [1.54, 1.807) is 6.20 Å². The first kappa shape index (κ1) is 38.6. The Bertz CT molecular complexity index is 1580. The number of aliphatic hydroxyl groups excluding tert-OH is 3. The molecular weight excluding hydrogens is 652 g/mol. The van der Waals surface area contributed by atoms with Crippen molar-refractivity contribution >= 4 is 21.9 Å². The van der Waals surface area contributed by atoms with Gasteiger partial charge in [-0.05, 0) is 17.5 Å². The van der Waals surface area contributed by atoms with Gasteiger partial charge in [-0.2, -0.15) is 0 Å². The van der Waals surface area contributed by atoms with E-state index in [1.165, 1.54) is 4.68 Å². The van der Waals surface area contributed by atoms with E-state index in [0.717, 1.165) is 22.9 Å². The number of benzene rings is 2. The zero-order valence-electron chi connectivity index (χ0n) is 25.7. The zero-order valence-corrected chi connectivity index (χ0v) is 28.5. The molecule has 0 spiro atoms. The van der Waals surface area contributed by atoms with Crippen LogP contribution in [0.3, 0.4) is 0 Å². The number of aliphatic hydroxyl groups is 3. The molecule has 15 nitrogen and oxygen atoms in total. The zero-order chi connectivity index (χ0) is 33.5. The summed E-state index contributed by atoms with van der Waals surface area (Å²) >= 11 is 0. The smallest absolute Gasteiger partial charge is 0.544 e. The van der Waals surface area contributed by atoms with Gasteiger partial charge < -0.3 is 40.0 Å². The van der Waals surface area contributed by atoms with Gasteiger partial charge in [-0.25, -0.2) is 17.5 Å². The molecule has 47 heavy (non-hydrogen) atoms. The molecule has 3 aromatic rings. The Hall–Kier alpha value is -2.84. The molecule has 18 heteroatoms. The molecule has 6 atom stereocenters. The number of aryl methyl sites for hydroxylation is 1. The maximum Gasteiger partial charge on any atom is 1.00 e. The van der Waals surface area contributed by atoms with E-state index in [2.05, 4.69) is 15.6 Å². The number of nitrogens with zero attached hydrogens (tertiary/aromatic N) is 3. The van der Waals surface area contributed by atoms with Crippen LogP contribution in [0.5, 0.6) is 0 Å². The number of hydrogen-bond donors (Lipinski definition) is 5. The predicted octanol–water partition coefficient (Wildman–Crippen LogP) is -4.66. The van der Waals surface area contributed by atoms with Crippen molar-refractivity contribution in [2.45, 2.75) is 55.6 Å². The number of alkyl halides is 1. The first-order chi connectivity index (χ1) is 21.8. The van der Waals surface area contributed by atoms with Crippen molar-refractivity contribution in [3.8, 4) is 22.4 Å².